The molecule has 1 unspecified atom stereocenters. The van der Waals surface area contributed by atoms with Gasteiger partial charge >= 0.3 is 5.69 Å². The Labute approximate surface area is 104 Å². The molecule has 0 aliphatic heterocycles. The largest absolute Gasteiger partial charge is 0.343 e. The van der Waals surface area contributed by atoms with Crippen LogP contribution in [0.25, 0.3) is 0 Å². The zero-order chi connectivity index (χ0) is 12.8. The van der Waals surface area contributed by atoms with Crippen molar-refractivity contribution >= 4 is 11.8 Å². The quantitative estimate of drug-likeness (QED) is 0.722. The summed E-state index contributed by atoms with van der Waals surface area (Å²) in [5.41, 5.74) is -0.218. The lowest BCUT2D eigenvalue weighted by molar-refractivity contribution is 0.522. The van der Waals surface area contributed by atoms with E-state index in [0.717, 1.165) is 12.2 Å². The van der Waals surface area contributed by atoms with Crippen molar-refractivity contribution < 1.29 is 0 Å². The number of aromatic amines is 1. The second-order valence-corrected chi connectivity index (χ2v) is 5.07. The van der Waals surface area contributed by atoms with E-state index in [2.05, 4.69) is 21.6 Å². The van der Waals surface area contributed by atoms with Crippen LogP contribution in [0.4, 0.5) is 0 Å². The molecule has 0 amide bonds. The molecule has 1 aromatic rings. The summed E-state index contributed by atoms with van der Waals surface area (Å²) >= 11 is 1.47. The van der Waals surface area contributed by atoms with Gasteiger partial charge < -0.3 is 0 Å². The van der Waals surface area contributed by atoms with Crippen LogP contribution in [-0.2, 0) is 7.05 Å². The number of aromatic nitrogens is 3. The van der Waals surface area contributed by atoms with Crippen molar-refractivity contribution in [3.8, 4) is 6.07 Å². The number of nitrogens with one attached hydrogen (secondary N) is 2. The van der Waals surface area contributed by atoms with E-state index >= 15 is 0 Å². The van der Waals surface area contributed by atoms with Crippen LogP contribution in [-0.4, -0.2) is 32.6 Å². The zero-order valence-corrected chi connectivity index (χ0v) is 11.0. The second-order valence-electron chi connectivity index (χ2n) is 4.01. The van der Waals surface area contributed by atoms with E-state index in [1.165, 1.54) is 16.3 Å². The summed E-state index contributed by atoms with van der Waals surface area (Å²) in [5.74, 6) is 0.746. The van der Waals surface area contributed by atoms with E-state index in [0.29, 0.717) is 11.2 Å². The lowest BCUT2D eigenvalue weighted by Crippen LogP contribution is -2.33. The fourth-order valence-electron chi connectivity index (χ4n) is 1.32. The van der Waals surface area contributed by atoms with Crippen LogP contribution in [0, 0.1) is 11.3 Å². The topological polar surface area (TPSA) is 86.5 Å². The number of nitrogens with zero attached hydrogens (tertiary/aromatic N) is 3. The second kappa shape index (κ2) is 6.47. The molecule has 0 saturated heterocycles. The molecule has 0 aromatic carbocycles. The molecular formula is C10H17N5OS. The standard InChI is InChI=1S/C10H17N5OS/c1-7(2)12-8(6-11)4-5-17-10-14-13-9(16)15(10)3/h7-8,12H,4-5H2,1-3H3,(H,13,16). The summed E-state index contributed by atoms with van der Waals surface area (Å²) in [5, 5.41) is 19.0. The minimum atomic E-state index is -0.218. The van der Waals surface area contributed by atoms with Gasteiger partial charge in [-0.25, -0.2) is 9.89 Å². The molecule has 0 spiro atoms. The molecule has 2 N–H and O–H groups in total. The number of rotatable bonds is 6. The van der Waals surface area contributed by atoms with Gasteiger partial charge in [0.2, 0.25) is 0 Å². The number of nitriles is 1. The minimum Gasteiger partial charge on any atom is -0.300 e. The molecule has 1 aromatic heterocycles. The van der Waals surface area contributed by atoms with Crippen LogP contribution in [0.2, 0.25) is 0 Å². The van der Waals surface area contributed by atoms with Crippen molar-refractivity contribution in [3.63, 3.8) is 0 Å². The number of thioether (sulfide) groups is 1. The molecule has 7 heteroatoms. The summed E-state index contributed by atoms with van der Waals surface area (Å²) in [4.78, 5) is 11.1. The average molecular weight is 255 g/mol. The van der Waals surface area contributed by atoms with E-state index in [-0.39, 0.29) is 11.7 Å². The normalized spacial score (nSPS) is 12.6. The molecule has 94 valence electrons. The maximum absolute atomic E-state index is 11.1. The van der Waals surface area contributed by atoms with E-state index in [9.17, 15) is 4.79 Å². The van der Waals surface area contributed by atoms with Gasteiger partial charge in [-0.15, -0.1) is 5.10 Å². The minimum absolute atomic E-state index is 0.154. The molecule has 17 heavy (non-hydrogen) atoms. The number of H-pyrrole nitrogens is 1. The van der Waals surface area contributed by atoms with Crippen LogP contribution in [0.3, 0.4) is 0 Å². The van der Waals surface area contributed by atoms with Gasteiger partial charge in [-0.05, 0) is 20.3 Å². The van der Waals surface area contributed by atoms with Crippen molar-refractivity contribution in [2.24, 2.45) is 7.05 Å². The molecular weight excluding hydrogens is 238 g/mol. The molecule has 1 heterocycles. The summed E-state index contributed by atoms with van der Waals surface area (Å²) in [6.45, 7) is 4.02. The van der Waals surface area contributed by atoms with Crippen LogP contribution in [0.15, 0.2) is 9.95 Å². The van der Waals surface area contributed by atoms with Crippen molar-refractivity contribution in [1.29, 1.82) is 5.26 Å². The maximum atomic E-state index is 11.1. The molecule has 0 saturated carbocycles. The highest BCUT2D eigenvalue weighted by molar-refractivity contribution is 7.99. The monoisotopic (exact) mass is 255 g/mol. The molecule has 0 radical (unpaired) electrons. The van der Waals surface area contributed by atoms with Gasteiger partial charge in [0.05, 0.1) is 12.1 Å². The van der Waals surface area contributed by atoms with Crippen molar-refractivity contribution in [2.45, 2.75) is 37.5 Å². The first-order valence-corrected chi connectivity index (χ1v) is 6.43. The van der Waals surface area contributed by atoms with E-state index in [4.69, 9.17) is 5.26 Å². The molecule has 0 aliphatic carbocycles. The van der Waals surface area contributed by atoms with Gasteiger partial charge in [-0.1, -0.05) is 11.8 Å². The molecule has 6 nitrogen and oxygen atoms in total. The fraction of sp³-hybridized carbons (Fsp3) is 0.700. The van der Waals surface area contributed by atoms with Crippen LogP contribution in [0.5, 0.6) is 0 Å². The van der Waals surface area contributed by atoms with Gasteiger partial charge in [0.15, 0.2) is 5.16 Å². The first-order chi connectivity index (χ1) is 8.04. The van der Waals surface area contributed by atoms with E-state index in [1.807, 2.05) is 13.8 Å². The van der Waals surface area contributed by atoms with Gasteiger partial charge in [0.1, 0.15) is 0 Å². The maximum Gasteiger partial charge on any atom is 0.343 e. The zero-order valence-electron chi connectivity index (χ0n) is 10.2. The van der Waals surface area contributed by atoms with Gasteiger partial charge in [-0.3, -0.25) is 9.88 Å². The van der Waals surface area contributed by atoms with Gasteiger partial charge in [0.25, 0.3) is 0 Å². The molecule has 1 atom stereocenters. The van der Waals surface area contributed by atoms with E-state index in [1.54, 1.807) is 7.05 Å². The number of hydrogen-bond donors (Lipinski definition) is 2. The van der Waals surface area contributed by atoms with Crippen LogP contribution in [0.1, 0.15) is 20.3 Å². The Kier molecular flexibility index (Phi) is 5.25. The lowest BCUT2D eigenvalue weighted by atomic mass is 10.2. The fourth-order valence-corrected chi connectivity index (χ4v) is 2.24. The molecule has 0 aliphatic rings. The molecule has 0 bridgehead atoms. The predicted octanol–water partition coefficient (Wildman–Crippen LogP) is 0.481. The lowest BCUT2D eigenvalue weighted by Gasteiger charge is -2.13. The summed E-state index contributed by atoms with van der Waals surface area (Å²) < 4.78 is 1.46. The smallest absolute Gasteiger partial charge is 0.300 e. The highest BCUT2D eigenvalue weighted by Crippen LogP contribution is 2.14. The highest BCUT2D eigenvalue weighted by Gasteiger charge is 2.10. The van der Waals surface area contributed by atoms with Gasteiger partial charge in [-0.2, -0.15) is 5.26 Å². The third-order valence-electron chi connectivity index (χ3n) is 2.17. The Balaban J connectivity index is 2.39. The van der Waals surface area contributed by atoms with Crippen molar-refractivity contribution in [3.05, 3.63) is 10.5 Å². The SMILES string of the molecule is CC(C)NC(C#N)CCSc1n[nH]c(=O)n1C. The highest BCUT2D eigenvalue weighted by atomic mass is 32.2. The third kappa shape index (κ3) is 4.24. The summed E-state index contributed by atoms with van der Waals surface area (Å²) in [6.07, 6.45) is 0.723. The summed E-state index contributed by atoms with van der Waals surface area (Å²) in [7, 11) is 1.67. The predicted molar refractivity (Wildman–Crippen MR) is 66.8 cm³/mol. The Bertz CT molecular complexity index is 444. The average Bonchev–Trinajstić information content (AvgIpc) is 2.59. The number of hydrogen-bond acceptors (Lipinski definition) is 5. The summed E-state index contributed by atoms with van der Waals surface area (Å²) in [6, 6.07) is 2.36. The van der Waals surface area contributed by atoms with Gasteiger partial charge in [0, 0.05) is 18.8 Å². The third-order valence-corrected chi connectivity index (χ3v) is 3.23. The first-order valence-electron chi connectivity index (χ1n) is 5.44. The Morgan fingerprint density at radius 3 is 2.82 bits per heavy atom. The Morgan fingerprint density at radius 1 is 1.65 bits per heavy atom. The Morgan fingerprint density at radius 2 is 2.35 bits per heavy atom. The van der Waals surface area contributed by atoms with Crippen molar-refractivity contribution in [1.82, 2.24) is 20.1 Å². The van der Waals surface area contributed by atoms with Crippen LogP contribution >= 0.6 is 11.8 Å². The molecule has 1 rings (SSSR count). The van der Waals surface area contributed by atoms with Crippen LogP contribution < -0.4 is 11.0 Å². The first kappa shape index (κ1) is 13.8. The van der Waals surface area contributed by atoms with Crippen molar-refractivity contribution in [2.75, 3.05) is 5.75 Å². The Hall–Kier alpha value is -1.26. The van der Waals surface area contributed by atoms with E-state index < -0.39 is 0 Å². The molecule has 0 fully saturated rings.